The van der Waals surface area contributed by atoms with Crippen LogP contribution in [0.5, 0.6) is 0 Å². The molecule has 0 bridgehead atoms. The number of methoxy groups -OCH3 is 1. The van der Waals surface area contributed by atoms with Gasteiger partial charge in [-0.3, -0.25) is 14.2 Å². The lowest BCUT2D eigenvalue weighted by molar-refractivity contribution is -0.121. The molecule has 0 aliphatic heterocycles. The summed E-state index contributed by atoms with van der Waals surface area (Å²) >= 11 is 1.15. The van der Waals surface area contributed by atoms with Crippen LogP contribution in [0.3, 0.4) is 0 Å². The number of carbonyl (C=O) groups is 2. The van der Waals surface area contributed by atoms with Crippen LogP contribution in [0.1, 0.15) is 31.4 Å². The van der Waals surface area contributed by atoms with Crippen molar-refractivity contribution in [2.24, 2.45) is 0 Å². The highest BCUT2D eigenvalue weighted by Crippen LogP contribution is 2.38. The highest BCUT2D eigenvalue weighted by atomic mass is 32.1. The third kappa shape index (κ3) is 8.16. The van der Waals surface area contributed by atoms with Gasteiger partial charge in [0.05, 0.1) is 24.2 Å². The molecule has 0 fully saturated rings. The third-order valence-electron chi connectivity index (χ3n) is 7.95. The van der Waals surface area contributed by atoms with E-state index in [9.17, 15) is 19.2 Å². The summed E-state index contributed by atoms with van der Waals surface area (Å²) in [4.78, 5) is 54.0. The minimum absolute atomic E-state index is 0.122. The predicted molar refractivity (Wildman–Crippen MR) is 191 cm³/mol. The summed E-state index contributed by atoms with van der Waals surface area (Å²) in [6.07, 6.45) is 0.146. The van der Waals surface area contributed by atoms with Gasteiger partial charge in [0.1, 0.15) is 16.5 Å². The molecule has 3 aromatic carbocycles. The molecule has 0 radical (unpaired) electrons. The van der Waals surface area contributed by atoms with Crippen molar-refractivity contribution in [3.8, 4) is 16.1 Å². The number of carbonyl (C=O) groups excluding carboxylic acids is 2. The minimum Gasteiger partial charge on any atom is -0.383 e. The number of rotatable bonds is 14. The van der Waals surface area contributed by atoms with E-state index < -0.39 is 29.4 Å². The zero-order valence-corrected chi connectivity index (χ0v) is 28.7. The fourth-order valence-corrected chi connectivity index (χ4v) is 6.80. The molecule has 0 spiro atoms. The maximum Gasteiger partial charge on any atom is 0.337 e. The lowest BCUT2D eigenvalue weighted by atomic mass is 10.1. The standard InChI is InChI=1S/C36H38F2N6O5S/c1-4-39-35(47)42-24-15-13-23(14-16-24)32-26(20-41-22(2)19-30(45)40-17-18-49-3)31-33(46)44(25-9-6-5-7-10-25)36(48)43(34(31)50-32)21-27-28(37)11-8-12-29(27)38/h5-16,22,41H,4,17-21H2,1-3H3,(H,40,45)(H2,39,42,47). The Balaban J connectivity index is 1.68. The van der Waals surface area contributed by atoms with Gasteiger partial charge in [-0.2, -0.15) is 0 Å². The molecule has 4 N–H and O–H groups in total. The Morgan fingerprint density at radius 2 is 1.62 bits per heavy atom. The van der Waals surface area contributed by atoms with Crippen molar-refractivity contribution in [2.75, 3.05) is 32.1 Å². The van der Waals surface area contributed by atoms with Crippen molar-refractivity contribution in [3.05, 3.63) is 116 Å². The number of benzene rings is 3. The number of hydrogen-bond acceptors (Lipinski definition) is 7. The summed E-state index contributed by atoms with van der Waals surface area (Å²) < 4.78 is 37.2. The second-order valence-corrected chi connectivity index (χ2v) is 12.5. The number of anilines is 1. The summed E-state index contributed by atoms with van der Waals surface area (Å²) in [5.41, 5.74) is 0.367. The monoisotopic (exact) mass is 704 g/mol. The number of amides is 3. The lowest BCUT2D eigenvalue weighted by Crippen LogP contribution is -2.39. The Morgan fingerprint density at radius 3 is 2.28 bits per heavy atom. The molecule has 5 rings (SSSR count). The van der Waals surface area contributed by atoms with E-state index in [0.29, 0.717) is 47.1 Å². The first kappa shape index (κ1) is 36.1. The number of fused-ring (bicyclic) bond motifs is 1. The summed E-state index contributed by atoms with van der Waals surface area (Å²) in [5.74, 6) is -1.83. The molecule has 1 unspecified atom stereocenters. The molecule has 11 nitrogen and oxygen atoms in total. The van der Waals surface area contributed by atoms with Crippen molar-refractivity contribution in [1.82, 2.24) is 25.1 Å². The quantitative estimate of drug-likeness (QED) is 0.121. The number of thiophene rings is 1. The summed E-state index contributed by atoms with van der Waals surface area (Å²) in [6.45, 7) is 4.49. The third-order valence-corrected chi connectivity index (χ3v) is 9.26. The number of nitrogens with one attached hydrogen (secondary N) is 4. The predicted octanol–water partition coefficient (Wildman–Crippen LogP) is 4.98. The Morgan fingerprint density at radius 1 is 0.920 bits per heavy atom. The van der Waals surface area contributed by atoms with E-state index in [1.54, 1.807) is 68.6 Å². The van der Waals surface area contributed by atoms with E-state index >= 15 is 8.78 Å². The lowest BCUT2D eigenvalue weighted by Gasteiger charge is -2.16. The highest BCUT2D eigenvalue weighted by Gasteiger charge is 2.25. The fourth-order valence-electron chi connectivity index (χ4n) is 5.49. The van der Waals surface area contributed by atoms with Crippen LogP contribution in [0.4, 0.5) is 19.3 Å². The first-order valence-electron chi connectivity index (χ1n) is 16.1. The smallest absolute Gasteiger partial charge is 0.337 e. The number of hydrogen-bond donors (Lipinski definition) is 4. The maximum atomic E-state index is 15.0. The van der Waals surface area contributed by atoms with Crippen LogP contribution < -0.4 is 32.5 Å². The number of ether oxygens (including phenoxy) is 1. The number of aromatic nitrogens is 2. The molecule has 3 amide bonds. The first-order chi connectivity index (χ1) is 24.1. The van der Waals surface area contributed by atoms with E-state index in [4.69, 9.17) is 4.74 Å². The van der Waals surface area contributed by atoms with Crippen molar-refractivity contribution in [2.45, 2.75) is 39.4 Å². The van der Waals surface area contributed by atoms with E-state index in [2.05, 4.69) is 21.3 Å². The summed E-state index contributed by atoms with van der Waals surface area (Å²) in [7, 11) is 1.55. The fraction of sp³-hybridized carbons (Fsp3) is 0.278. The molecule has 14 heteroatoms. The second-order valence-electron chi connectivity index (χ2n) is 11.5. The van der Waals surface area contributed by atoms with Crippen LogP contribution in [0.25, 0.3) is 26.3 Å². The highest BCUT2D eigenvalue weighted by molar-refractivity contribution is 7.22. The zero-order valence-electron chi connectivity index (χ0n) is 27.8. The molecule has 0 saturated carbocycles. The molecular weight excluding hydrogens is 666 g/mol. The minimum atomic E-state index is -0.825. The van der Waals surface area contributed by atoms with Gasteiger partial charge < -0.3 is 26.0 Å². The van der Waals surface area contributed by atoms with Crippen molar-refractivity contribution >= 4 is 39.2 Å². The molecule has 0 aliphatic rings. The molecule has 50 heavy (non-hydrogen) atoms. The molecule has 2 heterocycles. The summed E-state index contributed by atoms with van der Waals surface area (Å²) in [6, 6.07) is 18.1. The van der Waals surface area contributed by atoms with Crippen molar-refractivity contribution in [3.63, 3.8) is 0 Å². The second kappa shape index (κ2) is 16.5. The van der Waals surface area contributed by atoms with E-state index in [1.165, 1.54) is 10.6 Å². The molecular formula is C36H38F2N6O5S. The Hall–Kier alpha value is -5.18. The molecule has 0 saturated heterocycles. The van der Waals surface area contributed by atoms with E-state index in [-0.39, 0.29) is 46.7 Å². The average Bonchev–Trinajstić information content (AvgIpc) is 3.47. The van der Waals surface area contributed by atoms with Gasteiger partial charge in [0.2, 0.25) is 5.91 Å². The van der Waals surface area contributed by atoms with Crippen LogP contribution in [0.2, 0.25) is 0 Å². The average molecular weight is 705 g/mol. The Kier molecular flexibility index (Phi) is 11.9. The van der Waals surface area contributed by atoms with Crippen LogP contribution >= 0.6 is 11.3 Å². The van der Waals surface area contributed by atoms with Crippen LogP contribution in [-0.4, -0.2) is 53.9 Å². The van der Waals surface area contributed by atoms with Crippen LogP contribution in [-0.2, 0) is 22.6 Å². The normalized spacial score (nSPS) is 11.8. The summed E-state index contributed by atoms with van der Waals surface area (Å²) in [5, 5.41) is 11.8. The maximum absolute atomic E-state index is 15.0. The van der Waals surface area contributed by atoms with Crippen molar-refractivity contribution < 1.29 is 23.1 Å². The van der Waals surface area contributed by atoms with Gasteiger partial charge in [0.15, 0.2) is 0 Å². The van der Waals surface area contributed by atoms with Gasteiger partial charge in [0, 0.05) is 55.3 Å². The van der Waals surface area contributed by atoms with Gasteiger partial charge in [0.25, 0.3) is 5.56 Å². The number of urea groups is 1. The van der Waals surface area contributed by atoms with Crippen LogP contribution in [0.15, 0.2) is 82.4 Å². The van der Waals surface area contributed by atoms with Gasteiger partial charge in [-0.15, -0.1) is 11.3 Å². The number of halogens is 2. The molecule has 262 valence electrons. The SMILES string of the molecule is CCNC(=O)Nc1ccc(-c2sc3c(c2CNC(C)CC(=O)NCCOC)c(=O)n(-c2ccccc2)c(=O)n3Cc2c(F)cccc2F)cc1. The molecule has 2 aromatic heterocycles. The van der Waals surface area contributed by atoms with Gasteiger partial charge in [-0.05, 0) is 61.4 Å². The topological polar surface area (TPSA) is 135 Å². The molecule has 0 aliphatic carbocycles. The van der Waals surface area contributed by atoms with Crippen LogP contribution in [0, 0.1) is 11.6 Å². The van der Waals surface area contributed by atoms with Crippen molar-refractivity contribution in [1.29, 1.82) is 0 Å². The number of para-hydroxylation sites is 1. The largest absolute Gasteiger partial charge is 0.383 e. The van der Waals surface area contributed by atoms with Gasteiger partial charge in [-0.1, -0.05) is 36.4 Å². The number of nitrogens with zero attached hydrogens (tertiary/aromatic N) is 2. The Bertz CT molecular complexity index is 2080. The molecule has 1 atom stereocenters. The zero-order chi connectivity index (χ0) is 35.8. The van der Waals surface area contributed by atoms with Gasteiger partial charge >= 0.3 is 11.7 Å². The van der Waals surface area contributed by atoms with E-state index in [1.807, 2.05) is 6.92 Å². The Labute approximate surface area is 290 Å². The van der Waals surface area contributed by atoms with E-state index in [0.717, 1.165) is 28.0 Å². The van der Waals surface area contributed by atoms with Gasteiger partial charge in [-0.25, -0.2) is 22.9 Å². The first-order valence-corrected chi connectivity index (χ1v) is 16.9. The molecule has 5 aromatic rings.